The molecule has 1 saturated carbocycles. The van der Waals surface area contributed by atoms with Crippen molar-refractivity contribution in [3.8, 4) is 5.75 Å². The number of methoxy groups -OCH3 is 1. The minimum absolute atomic E-state index is 0. The number of hydrogen-bond acceptors (Lipinski definition) is 4. The van der Waals surface area contributed by atoms with Gasteiger partial charge in [-0.25, -0.2) is 0 Å². The largest absolute Gasteiger partial charge is 0.497 e. The highest BCUT2D eigenvalue weighted by molar-refractivity contribution is 6.06. The molecular weight excluding hydrogens is 378 g/mol. The van der Waals surface area contributed by atoms with E-state index in [0.29, 0.717) is 28.4 Å². The zero-order chi connectivity index (χ0) is 19.2. The molecule has 3 rings (SSSR count). The van der Waals surface area contributed by atoms with Crippen LogP contribution in [0.2, 0.25) is 0 Å². The Bertz CT molecular complexity index is 835. The summed E-state index contributed by atoms with van der Waals surface area (Å²) in [6, 6.07) is 12.0. The van der Waals surface area contributed by atoms with Crippen LogP contribution >= 0.6 is 12.4 Å². The Kier molecular flexibility index (Phi) is 7.70. The maximum absolute atomic E-state index is 12.6. The van der Waals surface area contributed by atoms with Gasteiger partial charge in [0.15, 0.2) is 0 Å². The van der Waals surface area contributed by atoms with Gasteiger partial charge >= 0.3 is 0 Å². The average molecular weight is 404 g/mol. The summed E-state index contributed by atoms with van der Waals surface area (Å²) in [6.07, 6.45) is 5.26. The molecule has 0 bridgehead atoms. The molecule has 0 radical (unpaired) electrons. The van der Waals surface area contributed by atoms with E-state index in [-0.39, 0.29) is 30.1 Å². The number of amides is 2. The molecule has 28 heavy (non-hydrogen) atoms. The monoisotopic (exact) mass is 403 g/mol. The van der Waals surface area contributed by atoms with Crippen LogP contribution < -0.4 is 21.1 Å². The number of nitrogens with two attached hydrogens (primary N) is 1. The molecule has 0 aromatic heterocycles. The Morgan fingerprint density at radius 3 is 2.50 bits per heavy atom. The van der Waals surface area contributed by atoms with Crippen LogP contribution in [0.1, 0.15) is 42.5 Å². The predicted octanol–water partition coefficient (Wildman–Crippen LogP) is 4.47. The molecule has 0 saturated heterocycles. The first kappa shape index (κ1) is 21.6. The van der Waals surface area contributed by atoms with Crippen molar-refractivity contribution in [3.63, 3.8) is 0 Å². The summed E-state index contributed by atoms with van der Waals surface area (Å²) < 4.78 is 5.16. The van der Waals surface area contributed by atoms with Crippen molar-refractivity contribution in [1.82, 2.24) is 0 Å². The van der Waals surface area contributed by atoms with E-state index < -0.39 is 0 Å². The average Bonchev–Trinajstić information content (AvgIpc) is 2.70. The lowest BCUT2D eigenvalue weighted by atomic mass is 9.88. The van der Waals surface area contributed by atoms with E-state index in [2.05, 4.69) is 10.6 Å². The smallest absolute Gasteiger partial charge is 0.255 e. The molecule has 1 aliphatic carbocycles. The van der Waals surface area contributed by atoms with Gasteiger partial charge in [-0.15, -0.1) is 12.4 Å². The Hall–Kier alpha value is -2.73. The highest BCUT2D eigenvalue weighted by Crippen LogP contribution is 2.26. The molecule has 1 fully saturated rings. The quantitative estimate of drug-likeness (QED) is 0.642. The van der Waals surface area contributed by atoms with E-state index in [1.165, 1.54) is 6.42 Å². The van der Waals surface area contributed by atoms with E-state index in [9.17, 15) is 9.59 Å². The van der Waals surface area contributed by atoms with Gasteiger partial charge < -0.3 is 21.1 Å². The van der Waals surface area contributed by atoms with Crippen molar-refractivity contribution in [2.24, 2.45) is 5.92 Å². The van der Waals surface area contributed by atoms with Gasteiger partial charge in [0.05, 0.1) is 18.5 Å². The third-order valence-corrected chi connectivity index (χ3v) is 4.88. The normalized spacial score (nSPS) is 13.9. The fourth-order valence-electron chi connectivity index (χ4n) is 3.31. The van der Waals surface area contributed by atoms with E-state index in [4.69, 9.17) is 10.5 Å². The van der Waals surface area contributed by atoms with E-state index in [1.807, 2.05) is 0 Å². The molecule has 0 aliphatic heterocycles. The third kappa shape index (κ3) is 5.39. The van der Waals surface area contributed by atoms with Gasteiger partial charge in [-0.1, -0.05) is 25.3 Å². The number of carbonyl (C=O) groups is 2. The van der Waals surface area contributed by atoms with Gasteiger partial charge in [-0.05, 0) is 43.2 Å². The van der Waals surface area contributed by atoms with Gasteiger partial charge in [-0.3, -0.25) is 9.59 Å². The Balaban J connectivity index is 0.00000280. The Morgan fingerprint density at radius 2 is 1.79 bits per heavy atom. The van der Waals surface area contributed by atoms with Crippen LogP contribution in [0.15, 0.2) is 42.5 Å². The molecule has 0 atom stereocenters. The molecule has 0 unspecified atom stereocenters. The second-order valence-corrected chi connectivity index (χ2v) is 6.81. The first-order valence-corrected chi connectivity index (χ1v) is 9.22. The standard InChI is InChI=1S/C21H25N3O3.ClH/c1-27-17-10-11-18(22)19(13-17)24-21(26)15-8-5-9-16(12-15)23-20(25)14-6-3-2-4-7-14;/h5,8-14H,2-4,6-7,22H2,1H3,(H,23,25)(H,24,26);1H. The fourth-order valence-corrected chi connectivity index (χ4v) is 3.31. The number of nitrogens with one attached hydrogen (secondary N) is 2. The van der Waals surface area contributed by atoms with Gasteiger partial charge in [-0.2, -0.15) is 0 Å². The summed E-state index contributed by atoms with van der Waals surface area (Å²) in [6.45, 7) is 0. The number of hydrogen-bond donors (Lipinski definition) is 3. The highest BCUT2D eigenvalue weighted by Gasteiger charge is 2.21. The molecule has 0 spiro atoms. The summed E-state index contributed by atoms with van der Waals surface area (Å²) in [5.74, 6) is 0.397. The summed E-state index contributed by atoms with van der Waals surface area (Å²) in [4.78, 5) is 25.0. The third-order valence-electron chi connectivity index (χ3n) is 4.88. The lowest BCUT2D eigenvalue weighted by molar-refractivity contribution is -0.120. The lowest BCUT2D eigenvalue weighted by Crippen LogP contribution is -2.24. The van der Waals surface area contributed by atoms with Crippen LogP contribution in [0.3, 0.4) is 0 Å². The Morgan fingerprint density at radius 1 is 1.04 bits per heavy atom. The summed E-state index contributed by atoms with van der Waals surface area (Å²) >= 11 is 0. The van der Waals surface area contributed by atoms with Gasteiger partial charge in [0.2, 0.25) is 5.91 Å². The summed E-state index contributed by atoms with van der Waals surface area (Å²) in [5, 5.41) is 5.73. The predicted molar refractivity (Wildman–Crippen MR) is 114 cm³/mol. The fraction of sp³-hybridized carbons (Fsp3) is 0.333. The minimum atomic E-state index is -0.302. The minimum Gasteiger partial charge on any atom is -0.497 e. The van der Waals surface area contributed by atoms with Crippen LogP contribution in [0.4, 0.5) is 17.1 Å². The van der Waals surface area contributed by atoms with Crippen LogP contribution in [-0.2, 0) is 4.79 Å². The maximum Gasteiger partial charge on any atom is 0.255 e. The van der Waals surface area contributed by atoms with Gasteiger partial charge in [0.1, 0.15) is 5.75 Å². The van der Waals surface area contributed by atoms with Crippen molar-refractivity contribution in [2.75, 3.05) is 23.5 Å². The zero-order valence-corrected chi connectivity index (χ0v) is 16.7. The molecule has 6 nitrogen and oxygen atoms in total. The molecule has 2 aromatic rings. The van der Waals surface area contributed by atoms with E-state index in [1.54, 1.807) is 49.6 Å². The number of carbonyl (C=O) groups excluding carboxylic acids is 2. The Labute approximate surface area is 171 Å². The van der Waals surface area contributed by atoms with Crippen LogP contribution in [0.25, 0.3) is 0 Å². The van der Waals surface area contributed by atoms with Crippen molar-refractivity contribution >= 4 is 41.3 Å². The zero-order valence-electron chi connectivity index (χ0n) is 15.9. The van der Waals surface area contributed by atoms with Gasteiger partial charge in [0, 0.05) is 23.2 Å². The molecule has 150 valence electrons. The van der Waals surface area contributed by atoms with Crippen LogP contribution in [0, 0.1) is 5.92 Å². The second kappa shape index (κ2) is 9.99. The number of ether oxygens (including phenoxy) is 1. The second-order valence-electron chi connectivity index (χ2n) is 6.81. The molecule has 2 amide bonds. The van der Waals surface area contributed by atoms with E-state index >= 15 is 0 Å². The van der Waals surface area contributed by atoms with Crippen molar-refractivity contribution in [2.45, 2.75) is 32.1 Å². The van der Waals surface area contributed by atoms with Crippen LogP contribution in [0.5, 0.6) is 5.75 Å². The number of anilines is 3. The van der Waals surface area contributed by atoms with Crippen molar-refractivity contribution in [3.05, 3.63) is 48.0 Å². The molecule has 0 heterocycles. The molecule has 2 aromatic carbocycles. The molecule has 1 aliphatic rings. The first-order valence-electron chi connectivity index (χ1n) is 9.22. The van der Waals surface area contributed by atoms with Crippen molar-refractivity contribution in [1.29, 1.82) is 0 Å². The number of nitrogen functional groups attached to an aromatic ring is 1. The molecule has 7 heteroatoms. The summed E-state index contributed by atoms with van der Waals surface area (Å²) in [5.41, 5.74) is 7.92. The van der Waals surface area contributed by atoms with E-state index in [0.717, 1.165) is 25.7 Å². The molecular formula is C21H26ClN3O3. The molecule has 4 N–H and O–H groups in total. The SMILES string of the molecule is COc1ccc(N)c(NC(=O)c2cccc(NC(=O)C3CCCCC3)c2)c1.Cl. The maximum atomic E-state index is 12.6. The number of halogens is 1. The topological polar surface area (TPSA) is 93.4 Å². The number of rotatable bonds is 5. The van der Waals surface area contributed by atoms with Crippen molar-refractivity contribution < 1.29 is 14.3 Å². The summed E-state index contributed by atoms with van der Waals surface area (Å²) in [7, 11) is 1.55. The highest BCUT2D eigenvalue weighted by atomic mass is 35.5. The van der Waals surface area contributed by atoms with Crippen LogP contribution in [-0.4, -0.2) is 18.9 Å². The first-order chi connectivity index (χ1) is 13.1. The lowest BCUT2D eigenvalue weighted by Gasteiger charge is -2.20. The van der Waals surface area contributed by atoms with Gasteiger partial charge in [0.25, 0.3) is 5.91 Å². The number of benzene rings is 2.